The Labute approximate surface area is 195 Å². The predicted molar refractivity (Wildman–Crippen MR) is 124 cm³/mol. The van der Waals surface area contributed by atoms with Gasteiger partial charge in [0.1, 0.15) is 23.6 Å². The molecule has 0 radical (unpaired) electrons. The SMILES string of the molecule is CCCC(NC(=O)C1=NN(c2ccc(F)cc2)C(C(N)=O)C1)C(=O)N1CCc2sccc2C1. The van der Waals surface area contributed by atoms with Gasteiger partial charge in [0.25, 0.3) is 5.91 Å². The standard InChI is InChI=1S/C23H26FN5O3S/c1-2-3-17(23(32)28-10-8-20-14(13-28)9-11-33-20)26-22(31)18-12-19(21(25)30)29(27-18)16-6-4-15(24)5-7-16/h4-7,9,11,17,19H,2-3,8,10,12-13H2,1H3,(H2,25,30)(H,26,31). The van der Waals surface area contributed by atoms with Crippen LogP contribution >= 0.6 is 11.3 Å². The molecule has 10 heteroatoms. The number of carbonyl (C=O) groups is 3. The monoisotopic (exact) mass is 471 g/mol. The highest BCUT2D eigenvalue weighted by atomic mass is 32.1. The van der Waals surface area contributed by atoms with Crippen molar-refractivity contribution in [1.29, 1.82) is 0 Å². The van der Waals surface area contributed by atoms with E-state index < -0.39 is 29.7 Å². The average molecular weight is 472 g/mol. The zero-order chi connectivity index (χ0) is 23.5. The third-order valence-corrected chi connectivity index (χ3v) is 6.92. The van der Waals surface area contributed by atoms with Gasteiger partial charge in [-0.25, -0.2) is 4.39 Å². The molecule has 1 aromatic carbocycles. The topological polar surface area (TPSA) is 108 Å². The van der Waals surface area contributed by atoms with Crippen molar-refractivity contribution in [3.63, 3.8) is 0 Å². The number of rotatable bonds is 7. The second kappa shape index (κ2) is 9.70. The lowest BCUT2D eigenvalue weighted by molar-refractivity contribution is -0.136. The summed E-state index contributed by atoms with van der Waals surface area (Å²) in [5.41, 5.74) is 7.23. The van der Waals surface area contributed by atoms with Crippen LogP contribution in [0, 0.1) is 5.82 Å². The molecule has 33 heavy (non-hydrogen) atoms. The number of anilines is 1. The smallest absolute Gasteiger partial charge is 0.268 e. The van der Waals surface area contributed by atoms with Gasteiger partial charge < -0.3 is 16.0 Å². The van der Waals surface area contributed by atoms with Crippen LogP contribution < -0.4 is 16.1 Å². The van der Waals surface area contributed by atoms with E-state index in [9.17, 15) is 18.8 Å². The number of halogens is 1. The van der Waals surface area contributed by atoms with Crippen LogP contribution in [0.25, 0.3) is 0 Å². The van der Waals surface area contributed by atoms with Gasteiger partial charge in [0.05, 0.1) is 5.69 Å². The van der Waals surface area contributed by atoms with E-state index >= 15 is 0 Å². The molecule has 0 fully saturated rings. The fraction of sp³-hybridized carbons (Fsp3) is 0.391. The normalized spacial score (nSPS) is 18.5. The molecular weight excluding hydrogens is 445 g/mol. The fourth-order valence-electron chi connectivity index (χ4n) is 4.15. The van der Waals surface area contributed by atoms with Crippen molar-refractivity contribution in [3.8, 4) is 0 Å². The van der Waals surface area contributed by atoms with Crippen molar-refractivity contribution in [1.82, 2.24) is 10.2 Å². The van der Waals surface area contributed by atoms with Crippen LogP contribution in [-0.2, 0) is 27.3 Å². The van der Waals surface area contributed by atoms with Crippen molar-refractivity contribution in [2.75, 3.05) is 11.6 Å². The number of hydrogen-bond acceptors (Lipinski definition) is 6. The molecule has 2 atom stereocenters. The van der Waals surface area contributed by atoms with Crippen molar-refractivity contribution in [2.45, 2.75) is 51.2 Å². The second-order valence-electron chi connectivity index (χ2n) is 8.18. The van der Waals surface area contributed by atoms with Crippen LogP contribution in [-0.4, -0.2) is 47.0 Å². The number of hydrazone groups is 1. The first-order valence-electron chi connectivity index (χ1n) is 10.9. The summed E-state index contributed by atoms with van der Waals surface area (Å²) < 4.78 is 13.3. The van der Waals surface area contributed by atoms with Gasteiger partial charge in [-0.1, -0.05) is 13.3 Å². The summed E-state index contributed by atoms with van der Waals surface area (Å²) in [4.78, 5) is 41.3. The molecule has 1 aromatic heterocycles. The molecule has 0 spiro atoms. The van der Waals surface area contributed by atoms with E-state index in [4.69, 9.17) is 5.73 Å². The van der Waals surface area contributed by atoms with Crippen LogP contribution in [0.2, 0.25) is 0 Å². The molecule has 3 amide bonds. The fourth-order valence-corrected chi connectivity index (χ4v) is 5.04. The summed E-state index contributed by atoms with van der Waals surface area (Å²) in [6, 6.07) is 5.91. The molecule has 0 bridgehead atoms. The maximum Gasteiger partial charge on any atom is 0.268 e. The zero-order valence-corrected chi connectivity index (χ0v) is 19.1. The Bertz CT molecular complexity index is 1080. The number of nitrogens with two attached hydrogens (primary N) is 1. The van der Waals surface area contributed by atoms with Crippen molar-refractivity contribution in [2.24, 2.45) is 10.8 Å². The first-order chi connectivity index (χ1) is 15.9. The molecule has 0 aliphatic carbocycles. The van der Waals surface area contributed by atoms with Gasteiger partial charge in [-0.3, -0.25) is 19.4 Å². The Morgan fingerprint density at radius 2 is 2.03 bits per heavy atom. The number of primary amides is 1. The Hall–Kier alpha value is -3.27. The molecule has 8 nitrogen and oxygen atoms in total. The van der Waals surface area contributed by atoms with E-state index in [1.165, 1.54) is 34.2 Å². The summed E-state index contributed by atoms with van der Waals surface area (Å²) in [6.07, 6.45) is 2.02. The maximum absolute atomic E-state index is 13.3. The summed E-state index contributed by atoms with van der Waals surface area (Å²) in [6.45, 7) is 3.11. The molecule has 4 rings (SSSR count). The zero-order valence-electron chi connectivity index (χ0n) is 18.3. The first-order valence-corrected chi connectivity index (χ1v) is 11.8. The minimum Gasteiger partial charge on any atom is -0.368 e. The first kappa shape index (κ1) is 22.9. The summed E-state index contributed by atoms with van der Waals surface area (Å²) in [5, 5.41) is 10.5. The molecule has 2 aromatic rings. The Balaban J connectivity index is 1.48. The number of benzene rings is 1. The molecule has 3 N–H and O–H groups in total. The molecule has 3 heterocycles. The van der Waals surface area contributed by atoms with Crippen molar-refractivity contribution < 1.29 is 18.8 Å². The van der Waals surface area contributed by atoms with Gasteiger partial charge in [-0.2, -0.15) is 5.10 Å². The van der Waals surface area contributed by atoms with Crippen molar-refractivity contribution >= 4 is 40.5 Å². The lowest BCUT2D eigenvalue weighted by Crippen LogP contribution is -2.51. The third-order valence-electron chi connectivity index (χ3n) is 5.89. The van der Waals surface area contributed by atoms with Crippen LogP contribution in [0.4, 0.5) is 10.1 Å². The minimum atomic E-state index is -0.865. The van der Waals surface area contributed by atoms with Gasteiger partial charge in [0, 0.05) is 24.4 Å². The number of carbonyl (C=O) groups excluding carboxylic acids is 3. The third kappa shape index (κ3) is 4.90. The average Bonchev–Trinajstić information content (AvgIpc) is 3.46. The van der Waals surface area contributed by atoms with Gasteiger partial charge in [0.15, 0.2) is 0 Å². The quantitative estimate of drug-likeness (QED) is 0.645. The summed E-state index contributed by atoms with van der Waals surface area (Å²) in [7, 11) is 0. The summed E-state index contributed by atoms with van der Waals surface area (Å²) >= 11 is 1.70. The number of hydrogen-bond donors (Lipinski definition) is 2. The number of fused-ring (bicyclic) bond motifs is 1. The Kier molecular flexibility index (Phi) is 6.73. The molecule has 0 saturated carbocycles. The molecule has 174 valence electrons. The van der Waals surface area contributed by atoms with Crippen LogP contribution in [0.15, 0.2) is 40.8 Å². The van der Waals surface area contributed by atoms with E-state index in [1.807, 2.05) is 18.4 Å². The van der Waals surface area contributed by atoms with Crippen LogP contribution in [0.3, 0.4) is 0 Å². The van der Waals surface area contributed by atoms with Gasteiger partial charge in [-0.15, -0.1) is 11.3 Å². The number of amides is 3. The highest BCUT2D eigenvalue weighted by molar-refractivity contribution is 7.10. The minimum absolute atomic E-state index is 0.00750. The van der Waals surface area contributed by atoms with Crippen molar-refractivity contribution in [3.05, 3.63) is 52.0 Å². The summed E-state index contributed by atoms with van der Waals surface area (Å²) in [5.74, 6) is -1.70. The van der Waals surface area contributed by atoms with E-state index in [-0.39, 0.29) is 18.0 Å². The highest BCUT2D eigenvalue weighted by Crippen LogP contribution is 2.26. The highest BCUT2D eigenvalue weighted by Gasteiger charge is 2.36. The molecule has 0 saturated heterocycles. The largest absolute Gasteiger partial charge is 0.368 e. The Morgan fingerprint density at radius 3 is 2.73 bits per heavy atom. The Morgan fingerprint density at radius 1 is 1.27 bits per heavy atom. The van der Waals surface area contributed by atoms with E-state index in [1.54, 1.807) is 16.2 Å². The van der Waals surface area contributed by atoms with E-state index in [2.05, 4.69) is 10.4 Å². The second-order valence-corrected chi connectivity index (χ2v) is 9.18. The lowest BCUT2D eigenvalue weighted by atomic mass is 10.1. The number of thiophene rings is 1. The number of nitrogens with zero attached hydrogens (tertiary/aromatic N) is 3. The predicted octanol–water partition coefficient (Wildman–Crippen LogP) is 2.18. The van der Waals surface area contributed by atoms with E-state index in [0.717, 1.165) is 12.0 Å². The lowest BCUT2D eigenvalue weighted by Gasteiger charge is -2.30. The molecule has 2 unspecified atom stereocenters. The molecule has 2 aliphatic heterocycles. The van der Waals surface area contributed by atoms with E-state index in [0.29, 0.717) is 31.6 Å². The molecule has 2 aliphatic rings. The van der Waals surface area contributed by atoms with Gasteiger partial charge in [-0.05, 0) is 54.1 Å². The van der Waals surface area contributed by atoms with Gasteiger partial charge >= 0.3 is 0 Å². The maximum atomic E-state index is 13.3. The number of nitrogens with one attached hydrogen (secondary N) is 1. The van der Waals surface area contributed by atoms with Gasteiger partial charge in [0.2, 0.25) is 11.8 Å². The molecular formula is C23H26FN5O3S. The van der Waals surface area contributed by atoms with Crippen LogP contribution in [0.5, 0.6) is 0 Å². The van der Waals surface area contributed by atoms with Crippen LogP contribution in [0.1, 0.15) is 36.6 Å².